The fraction of sp³-hybridized carbons (Fsp3) is 0.704. The molecule has 3 fully saturated rings. The van der Waals surface area contributed by atoms with Crippen LogP contribution in [-0.2, 0) is 14.3 Å². The van der Waals surface area contributed by atoms with Gasteiger partial charge in [0.1, 0.15) is 0 Å². The molecule has 3 aliphatic rings. The van der Waals surface area contributed by atoms with Gasteiger partial charge in [0, 0.05) is 71.5 Å². The third-order valence-corrected chi connectivity index (χ3v) is 8.55. The van der Waals surface area contributed by atoms with E-state index in [1.54, 1.807) is 7.11 Å². The predicted molar refractivity (Wildman–Crippen MR) is 135 cm³/mol. The molecule has 5 rings (SSSR count). The molecule has 0 atom stereocenters. The van der Waals surface area contributed by atoms with Gasteiger partial charge in [0.15, 0.2) is 23.0 Å². The number of ether oxygens (including phenoxy) is 2. The largest absolute Gasteiger partial charge is 0.381 e. The fourth-order valence-corrected chi connectivity index (χ4v) is 6.06. The number of nitrogens with one attached hydrogen (secondary N) is 1. The van der Waals surface area contributed by atoms with Gasteiger partial charge in [-0.2, -0.15) is 0 Å². The molecule has 8 nitrogen and oxygen atoms in total. The highest BCUT2D eigenvalue weighted by Crippen LogP contribution is 2.31. The van der Waals surface area contributed by atoms with Crippen LogP contribution in [0.1, 0.15) is 51.4 Å². The molecule has 1 N–H and O–H groups in total. The standard InChI is InChI=1S/C27H38F2N4O4/c1-35-27(7-14-36-15-8-27)18-25(34)30-20-4-2-19(3-5-20)6-9-32-10-12-33(13-11-32)26-21-16-22(28)23(29)17-24(21)37-31-26/h16-17,19-20H,2-15,18H2,1H3,(H,30,34)/t19-,20-. The summed E-state index contributed by atoms with van der Waals surface area (Å²) in [5, 5.41) is 7.84. The van der Waals surface area contributed by atoms with Crippen LogP contribution in [0.4, 0.5) is 14.6 Å². The highest BCUT2D eigenvalue weighted by Gasteiger charge is 2.35. The molecule has 0 unspecified atom stereocenters. The number of piperazine rings is 1. The van der Waals surface area contributed by atoms with Crippen molar-refractivity contribution in [2.75, 3.05) is 57.9 Å². The number of nitrogens with zero attached hydrogens (tertiary/aromatic N) is 3. The topological polar surface area (TPSA) is 80.1 Å². The minimum Gasteiger partial charge on any atom is -0.381 e. The lowest BCUT2D eigenvalue weighted by atomic mass is 9.83. The average molecular weight is 521 g/mol. The first-order chi connectivity index (χ1) is 17.9. The van der Waals surface area contributed by atoms with Gasteiger partial charge in [0.05, 0.1) is 17.4 Å². The number of hydrogen-bond donors (Lipinski definition) is 1. The Morgan fingerprint density at radius 1 is 1.11 bits per heavy atom. The van der Waals surface area contributed by atoms with Crippen molar-refractivity contribution in [3.8, 4) is 0 Å². The molecule has 1 saturated carbocycles. The molecule has 204 valence electrons. The Morgan fingerprint density at radius 2 is 1.81 bits per heavy atom. The van der Waals surface area contributed by atoms with Gasteiger partial charge in [-0.25, -0.2) is 8.78 Å². The minimum absolute atomic E-state index is 0.0952. The van der Waals surface area contributed by atoms with Gasteiger partial charge in [-0.15, -0.1) is 0 Å². The van der Waals surface area contributed by atoms with E-state index in [4.69, 9.17) is 14.0 Å². The van der Waals surface area contributed by atoms with Gasteiger partial charge in [-0.05, 0) is 50.6 Å². The van der Waals surface area contributed by atoms with Crippen LogP contribution < -0.4 is 10.2 Å². The predicted octanol–water partition coefficient (Wildman–Crippen LogP) is 3.88. The van der Waals surface area contributed by atoms with Crippen LogP contribution in [0.25, 0.3) is 11.0 Å². The Kier molecular flexibility index (Phi) is 8.26. The van der Waals surface area contributed by atoms with Gasteiger partial charge in [-0.1, -0.05) is 5.16 Å². The van der Waals surface area contributed by atoms with Crippen molar-refractivity contribution in [3.63, 3.8) is 0 Å². The lowest BCUT2D eigenvalue weighted by Gasteiger charge is -2.37. The van der Waals surface area contributed by atoms with Crippen molar-refractivity contribution < 1.29 is 27.6 Å². The zero-order chi connectivity index (χ0) is 25.8. The summed E-state index contributed by atoms with van der Waals surface area (Å²) < 4.78 is 43.6. The van der Waals surface area contributed by atoms with E-state index in [9.17, 15) is 13.6 Å². The number of carbonyl (C=O) groups is 1. The average Bonchev–Trinajstić information content (AvgIpc) is 3.31. The number of carbonyl (C=O) groups excluding carboxylic acids is 1. The van der Waals surface area contributed by atoms with E-state index in [-0.39, 0.29) is 23.1 Å². The molecular weight excluding hydrogens is 482 g/mol. The Labute approximate surface area is 216 Å². The van der Waals surface area contributed by atoms with Crippen LogP contribution in [0, 0.1) is 17.6 Å². The maximum absolute atomic E-state index is 13.7. The Hall–Kier alpha value is -2.30. The summed E-state index contributed by atoms with van der Waals surface area (Å²) in [6.45, 7) is 5.70. The summed E-state index contributed by atoms with van der Waals surface area (Å²) in [7, 11) is 1.70. The number of anilines is 1. The van der Waals surface area contributed by atoms with Crippen LogP contribution in [0.3, 0.4) is 0 Å². The number of fused-ring (bicyclic) bond motifs is 1. The maximum Gasteiger partial charge on any atom is 0.223 e. The summed E-state index contributed by atoms with van der Waals surface area (Å²) in [6.07, 6.45) is 7.45. The molecule has 1 amide bonds. The highest BCUT2D eigenvalue weighted by atomic mass is 19.2. The molecule has 1 aromatic carbocycles. The molecule has 0 bridgehead atoms. The number of benzene rings is 1. The summed E-state index contributed by atoms with van der Waals surface area (Å²) >= 11 is 0. The number of methoxy groups -OCH3 is 1. The molecule has 10 heteroatoms. The zero-order valence-electron chi connectivity index (χ0n) is 21.6. The summed E-state index contributed by atoms with van der Waals surface area (Å²) in [5.41, 5.74) is -0.108. The van der Waals surface area contributed by atoms with Gasteiger partial charge in [0.2, 0.25) is 5.91 Å². The molecule has 0 radical (unpaired) electrons. The van der Waals surface area contributed by atoms with Crippen LogP contribution in [-0.4, -0.2) is 80.7 Å². The van der Waals surface area contributed by atoms with Crippen molar-refractivity contribution in [1.29, 1.82) is 0 Å². The molecule has 3 heterocycles. The van der Waals surface area contributed by atoms with E-state index < -0.39 is 11.6 Å². The highest BCUT2D eigenvalue weighted by molar-refractivity contribution is 5.88. The van der Waals surface area contributed by atoms with Crippen molar-refractivity contribution >= 4 is 22.7 Å². The first-order valence-corrected chi connectivity index (χ1v) is 13.6. The summed E-state index contributed by atoms with van der Waals surface area (Å²) in [5.74, 6) is -0.446. The van der Waals surface area contributed by atoms with E-state index in [1.807, 2.05) is 0 Å². The quantitative estimate of drug-likeness (QED) is 0.566. The SMILES string of the molecule is COC1(CC(=O)N[C@H]2CC[C@H](CCN3CCN(c4noc5cc(F)c(F)cc45)CC3)CC2)CCOCC1. The van der Waals surface area contributed by atoms with Crippen molar-refractivity contribution in [1.82, 2.24) is 15.4 Å². The van der Waals surface area contributed by atoms with Gasteiger partial charge in [-0.3, -0.25) is 9.69 Å². The molecule has 2 saturated heterocycles. The Bertz CT molecular complexity index is 1060. The second kappa shape index (κ2) is 11.6. The van der Waals surface area contributed by atoms with Gasteiger partial charge >= 0.3 is 0 Å². The fourth-order valence-electron chi connectivity index (χ4n) is 6.06. The third kappa shape index (κ3) is 6.23. The molecule has 2 aliphatic heterocycles. The second-order valence-corrected chi connectivity index (χ2v) is 10.8. The van der Waals surface area contributed by atoms with Crippen LogP contribution in [0.5, 0.6) is 0 Å². The monoisotopic (exact) mass is 520 g/mol. The van der Waals surface area contributed by atoms with E-state index in [0.717, 1.165) is 83.7 Å². The molecular formula is C27H38F2N4O4. The second-order valence-electron chi connectivity index (χ2n) is 10.8. The van der Waals surface area contributed by atoms with Gasteiger partial charge in [0.25, 0.3) is 0 Å². The van der Waals surface area contributed by atoms with Crippen LogP contribution in [0.15, 0.2) is 16.7 Å². The number of aromatic nitrogens is 1. The number of halogens is 2. The van der Waals surface area contributed by atoms with Crippen LogP contribution in [0.2, 0.25) is 0 Å². The Morgan fingerprint density at radius 3 is 2.51 bits per heavy atom. The normalized spacial score (nSPS) is 24.9. The first-order valence-electron chi connectivity index (χ1n) is 13.6. The molecule has 1 aromatic heterocycles. The smallest absolute Gasteiger partial charge is 0.223 e. The van der Waals surface area contributed by atoms with Gasteiger partial charge < -0.3 is 24.2 Å². The number of hydrogen-bond acceptors (Lipinski definition) is 7. The van der Waals surface area contributed by atoms with Crippen molar-refractivity contribution in [2.24, 2.45) is 5.92 Å². The molecule has 1 aliphatic carbocycles. The van der Waals surface area contributed by atoms with Crippen molar-refractivity contribution in [3.05, 3.63) is 23.8 Å². The molecule has 37 heavy (non-hydrogen) atoms. The van der Waals surface area contributed by atoms with E-state index in [1.165, 1.54) is 6.07 Å². The Balaban J connectivity index is 1.01. The maximum atomic E-state index is 13.7. The number of rotatable bonds is 8. The minimum atomic E-state index is -0.925. The lowest BCUT2D eigenvalue weighted by molar-refractivity contribution is -0.136. The summed E-state index contributed by atoms with van der Waals surface area (Å²) in [4.78, 5) is 17.2. The lowest BCUT2D eigenvalue weighted by Crippen LogP contribution is -2.47. The molecule has 2 aromatic rings. The zero-order valence-corrected chi connectivity index (χ0v) is 21.6. The third-order valence-electron chi connectivity index (χ3n) is 8.55. The summed E-state index contributed by atoms with van der Waals surface area (Å²) in [6, 6.07) is 2.49. The van der Waals surface area contributed by atoms with E-state index in [0.29, 0.717) is 36.8 Å². The number of amides is 1. The van der Waals surface area contributed by atoms with Crippen LogP contribution >= 0.6 is 0 Å². The van der Waals surface area contributed by atoms with Crippen molar-refractivity contribution in [2.45, 2.75) is 63.0 Å². The molecule has 0 spiro atoms. The first kappa shape index (κ1) is 26.3. The van der Waals surface area contributed by atoms with E-state index in [2.05, 4.69) is 20.3 Å². The van der Waals surface area contributed by atoms with E-state index >= 15 is 0 Å².